The van der Waals surface area contributed by atoms with Crippen LogP contribution in [0, 0.1) is 0 Å². The summed E-state index contributed by atoms with van der Waals surface area (Å²) >= 11 is 3.40. The van der Waals surface area contributed by atoms with E-state index in [1.807, 2.05) is 31.2 Å². The molecule has 2 rings (SSSR count). The van der Waals surface area contributed by atoms with Crippen molar-refractivity contribution < 1.29 is 9.53 Å². The third-order valence-electron chi connectivity index (χ3n) is 3.33. The highest BCUT2D eigenvalue weighted by Gasteiger charge is 2.35. The van der Waals surface area contributed by atoms with Crippen molar-refractivity contribution in [1.29, 1.82) is 0 Å². The van der Waals surface area contributed by atoms with Crippen molar-refractivity contribution >= 4 is 21.9 Å². The van der Waals surface area contributed by atoms with Gasteiger partial charge in [0, 0.05) is 4.47 Å². The quantitative estimate of drug-likeness (QED) is 0.872. The summed E-state index contributed by atoms with van der Waals surface area (Å²) in [6, 6.07) is 7.81. The maximum Gasteiger partial charge on any atom is 0.326 e. The van der Waals surface area contributed by atoms with Crippen LogP contribution in [0.3, 0.4) is 0 Å². The summed E-state index contributed by atoms with van der Waals surface area (Å²) in [5.74, 6) is -0.151. The van der Waals surface area contributed by atoms with Crippen molar-refractivity contribution in [3.05, 3.63) is 34.3 Å². The second-order valence-electron chi connectivity index (χ2n) is 4.92. The summed E-state index contributed by atoms with van der Waals surface area (Å²) in [4.78, 5) is 12.1. The van der Waals surface area contributed by atoms with Gasteiger partial charge in [-0.2, -0.15) is 0 Å². The van der Waals surface area contributed by atoms with Gasteiger partial charge in [-0.1, -0.05) is 28.1 Å². The lowest BCUT2D eigenvalue weighted by molar-refractivity contribution is -0.153. The van der Waals surface area contributed by atoms with E-state index in [-0.39, 0.29) is 5.97 Å². The molecule has 1 aliphatic heterocycles. The highest BCUT2D eigenvalue weighted by atomic mass is 79.9. The molecule has 1 fully saturated rings. The summed E-state index contributed by atoms with van der Waals surface area (Å²) in [6.45, 7) is 3.15. The van der Waals surface area contributed by atoms with Crippen LogP contribution in [-0.2, 0) is 16.1 Å². The average molecular weight is 312 g/mol. The van der Waals surface area contributed by atoms with Gasteiger partial charge in [0.2, 0.25) is 0 Å². The number of carbonyl (C=O) groups excluding carboxylic acids is 1. The Hall–Kier alpha value is -0.870. The van der Waals surface area contributed by atoms with Gasteiger partial charge in [-0.05, 0) is 50.4 Å². The molecule has 1 N–H and O–H groups in total. The van der Waals surface area contributed by atoms with Crippen LogP contribution in [0.15, 0.2) is 28.7 Å². The van der Waals surface area contributed by atoms with Gasteiger partial charge in [0.15, 0.2) is 0 Å². The SMILES string of the molecule is CC1(C(=O)OCc2cccc(Br)c2)CCCCN1. The Kier molecular flexibility index (Phi) is 4.40. The molecule has 0 aromatic heterocycles. The normalized spacial score (nSPS) is 23.7. The van der Waals surface area contributed by atoms with Crippen molar-refractivity contribution in [2.75, 3.05) is 6.54 Å². The van der Waals surface area contributed by atoms with Crippen LogP contribution >= 0.6 is 15.9 Å². The monoisotopic (exact) mass is 311 g/mol. The average Bonchev–Trinajstić information content (AvgIpc) is 2.37. The molecule has 0 spiro atoms. The lowest BCUT2D eigenvalue weighted by Gasteiger charge is -2.32. The Morgan fingerprint density at radius 1 is 1.50 bits per heavy atom. The highest BCUT2D eigenvalue weighted by molar-refractivity contribution is 9.10. The van der Waals surface area contributed by atoms with Crippen LogP contribution in [-0.4, -0.2) is 18.1 Å². The molecule has 1 aromatic rings. The number of nitrogens with one attached hydrogen (secondary N) is 1. The van der Waals surface area contributed by atoms with E-state index in [2.05, 4.69) is 21.2 Å². The van der Waals surface area contributed by atoms with Crippen molar-refractivity contribution in [2.45, 2.75) is 38.3 Å². The maximum absolute atomic E-state index is 12.1. The first-order valence-electron chi connectivity index (χ1n) is 6.27. The molecular weight excluding hydrogens is 294 g/mol. The Morgan fingerprint density at radius 3 is 3.00 bits per heavy atom. The van der Waals surface area contributed by atoms with E-state index in [1.165, 1.54) is 0 Å². The van der Waals surface area contributed by atoms with Crippen LogP contribution in [0.1, 0.15) is 31.7 Å². The van der Waals surface area contributed by atoms with E-state index in [0.29, 0.717) is 6.61 Å². The molecule has 18 heavy (non-hydrogen) atoms. The van der Waals surface area contributed by atoms with E-state index in [9.17, 15) is 4.79 Å². The molecule has 0 amide bonds. The predicted molar refractivity (Wildman–Crippen MR) is 74.2 cm³/mol. The number of halogens is 1. The van der Waals surface area contributed by atoms with Crippen molar-refractivity contribution in [2.24, 2.45) is 0 Å². The summed E-state index contributed by atoms with van der Waals surface area (Å²) in [5.41, 5.74) is 0.488. The standard InChI is InChI=1S/C14H18BrNO2/c1-14(7-2-3-8-16-14)13(17)18-10-11-5-4-6-12(15)9-11/h4-6,9,16H,2-3,7-8,10H2,1H3. The van der Waals surface area contributed by atoms with Gasteiger partial charge < -0.3 is 10.1 Å². The first-order valence-corrected chi connectivity index (χ1v) is 7.06. The number of rotatable bonds is 3. The summed E-state index contributed by atoms with van der Waals surface area (Å²) in [5, 5.41) is 3.26. The number of carbonyl (C=O) groups is 1. The highest BCUT2D eigenvalue weighted by Crippen LogP contribution is 2.21. The Labute approximate surface area is 116 Å². The summed E-state index contributed by atoms with van der Waals surface area (Å²) in [7, 11) is 0. The molecule has 0 saturated carbocycles. The number of ether oxygens (including phenoxy) is 1. The molecule has 1 heterocycles. The second kappa shape index (κ2) is 5.85. The van der Waals surface area contributed by atoms with E-state index >= 15 is 0 Å². The van der Waals surface area contributed by atoms with Crippen LogP contribution in [0.25, 0.3) is 0 Å². The van der Waals surface area contributed by atoms with Gasteiger partial charge in [-0.15, -0.1) is 0 Å². The van der Waals surface area contributed by atoms with E-state index in [0.717, 1.165) is 35.8 Å². The van der Waals surface area contributed by atoms with Crippen molar-refractivity contribution in [3.63, 3.8) is 0 Å². The minimum Gasteiger partial charge on any atom is -0.459 e. The molecule has 3 nitrogen and oxygen atoms in total. The van der Waals surface area contributed by atoms with Crippen LogP contribution in [0.4, 0.5) is 0 Å². The predicted octanol–water partition coefficient (Wildman–Crippen LogP) is 3.02. The van der Waals surface area contributed by atoms with E-state index < -0.39 is 5.54 Å². The molecule has 1 aliphatic rings. The largest absolute Gasteiger partial charge is 0.459 e. The molecule has 4 heteroatoms. The van der Waals surface area contributed by atoms with Gasteiger partial charge in [-0.3, -0.25) is 4.79 Å². The molecule has 1 saturated heterocycles. The van der Waals surface area contributed by atoms with Crippen LogP contribution < -0.4 is 5.32 Å². The number of esters is 1. The van der Waals surface area contributed by atoms with E-state index in [4.69, 9.17) is 4.74 Å². The zero-order valence-corrected chi connectivity index (χ0v) is 12.1. The molecule has 98 valence electrons. The van der Waals surface area contributed by atoms with Crippen molar-refractivity contribution in [1.82, 2.24) is 5.32 Å². The number of hydrogen-bond acceptors (Lipinski definition) is 3. The Balaban J connectivity index is 1.91. The molecule has 0 aliphatic carbocycles. The molecule has 1 unspecified atom stereocenters. The van der Waals surface area contributed by atoms with Gasteiger partial charge in [-0.25, -0.2) is 0 Å². The third-order valence-corrected chi connectivity index (χ3v) is 3.82. The number of piperidine rings is 1. The number of hydrogen-bond donors (Lipinski definition) is 1. The molecule has 1 aromatic carbocycles. The molecular formula is C14H18BrNO2. The topological polar surface area (TPSA) is 38.3 Å². The van der Waals surface area contributed by atoms with Gasteiger partial charge >= 0.3 is 5.97 Å². The minimum atomic E-state index is -0.510. The Bertz CT molecular complexity index is 428. The second-order valence-corrected chi connectivity index (χ2v) is 5.84. The Morgan fingerprint density at radius 2 is 2.33 bits per heavy atom. The fraction of sp³-hybridized carbons (Fsp3) is 0.500. The molecule has 0 radical (unpaired) electrons. The van der Waals surface area contributed by atoms with Crippen LogP contribution in [0.5, 0.6) is 0 Å². The van der Waals surface area contributed by atoms with Gasteiger partial charge in [0.25, 0.3) is 0 Å². The first kappa shape index (κ1) is 13.6. The van der Waals surface area contributed by atoms with Crippen molar-refractivity contribution in [3.8, 4) is 0 Å². The summed E-state index contributed by atoms with van der Waals surface area (Å²) in [6.07, 6.45) is 3.06. The first-order chi connectivity index (χ1) is 8.60. The smallest absolute Gasteiger partial charge is 0.326 e. The van der Waals surface area contributed by atoms with E-state index in [1.54, 1.807) is 0 Å². The zero-order chi connectivity index (χ0) is 13.0. The minimum absolute atomic E-state index is 0.151. The molecule has 0 bridgehead atoms. The van der Waals surface area contributed by atoms with Gasteiger partial charge in [0.1, 0.15) is 12.1 Å². The summed E-state index contributed by atoms with van der Waals surface area (Å²) < 4.78 is 6.40. The van der Waals surface area contributed by atoms with Crippen LogP contribution in [0.2, 0.25) is 0 Å². The zero-order valence-electron chi connectivity index (χ0n) is 10.5. The number of benzene rings is 1. The fourth-order valence-electron chi connectivity index (χ4n) is 2.17. The molecule has 1 atom stereocenters. The van der Waals surface area contributed by atoms with Gasteiger partial charge in [0.05, 0.1) is 0 Å². The maximum atomic E-state index is 12.1. The fourth-order valence-corrected chi connectivity index (χ4v) is 2.61. The lowest BCUT2D eigenvalue weighted by Crippen LogP contribution is -2.52. The lowest BCUT2D eigenvalue weighted by atomic mass is 9.91. The third kappa shape index (κ3) is 3.33.